The van der Waals surface area contributed by atoms with Crippen LogP contribution in [0.5, 0.6) is 0 Å². The minimum Gasteiger partial charge on any atom is -0.476 e. The van der Waals surface area contributed by atoms with E-state index in [1.165, 1.54) is 6.07 Å². The molecular weight excluding hydrogens is 182 g/mol. The van der Waals surface area contributed by atoms with Gasteiger partial charge in [-0.05, 0) is 19.1 Å². The summed E-state index contributed by atoms with van der Waals surface area (Å²) in [5.74, 6) is -0.540. The normalized spacial score (nSPS) is 9.50. The lowest BCUT2D eigenvalue weighted by Crippen LogP contribution is -2.07. The van der Waals surface area contributed by atoms with E-state index in [0.717, 1.165) is 5.57 Å². The molecule has 14 heavy (non-hydrogen) atoms. The summed E-state index contributed by atoms with van der Waals surface area (Å²) in [6.45, 7) is 6.19. The molecule has 0 aliphatic heterocycles. The van der Waals surface area contributed by atoms with Crippen LogP contribution in [0.25, 0.3) is 0 Å². The summed E-state index contributed by atoms with van der Waals surface area (Å²) < 4.78 is 0. The molecule has 0 saturated carbocycles. The van der Waals surface area contributed by atoms with Crippen molar-refractivity contribution in [3.63, 3.8) is 0 Å². The molecule has 0 radical (unpaired) electrons. The van der Waals surface area contributed by atoms with Crippen LogP contribution in [0, 0.1) is 0 Å². The van der Waals surface area contributed by atoms with Crippen LogP contribution >= 0.6 is 0 Å². The molecule has 0 bridgehead atoms. The summed E-state index contributed by atoms with van der Waals surface area (Å²) in [5.41, 5.74) is 0.903. The molecule has 5 nitrogen and oxygen atoms in total. The van der Waals surface area contributed by atoms with Crippen LogP contribution in [0.1, 0.15) is 17.4 Å². The smallest absolute Gasteiger partial charge is 0.356 e. The van der Waals surface area contributed by atoms with Crippen LogP contribution in [-0.4, -0.2) is 27.8 Å². The zero-order chi connectivity index (χ0) is 10.6. The average molecular weight is 193 g/mol. The maximum atomic E-state index is 10.4. The molecule has 0 aliphatic carbocycles. The summed E-state index contributed by atoms with van der Waals surface area (Å²) in [6, 6.07) is 2.97. The first-order chi connectivity index (χ1) is 6.59. The van der Waals surface area contributed by atoms with Gasteiger partial charge in [-0.15, -0.1) is 10.2 Å². The van der Waals surface area contributed by atoms with Crippen LogP contribution in [0.2, 0.25) is 0 Å². The fourth-order valence-corrected chi connectivity index (χ4v) is 0.782. The molecule has 0 aliphatic rings. The molecule has 0 amide bonds. The lowest BCUT2D eigenvalue weighted by Gasteiger charge is -2.03. The summed E-state index contributed by atoms with van der Waals surface area (Å²) in [4.78, 5) is 10.4. The molecule has 0 atom stereocenters. The molecule has 2 N–H and O–H groups in total. The Morgan fingerprint density at radius 1 is 1.57 bits per heavy atom. The molecule has 1 heterocycles. The highest BCUT2D eigenvalue weighted by Crippen LogP contribution is 2.02. The van der Waals surface area contributed by atoms with E-state index in [1.807, 2.05) is 6.92 Å². The number of hydrogen-bond donors (Lipinski definition) is 2. The van der Waals surface area contributed by atoms with Crippen molar-refractivity contribution in [1.29, 1.82) is 0 Å². The van der Waals surface area contributed by atoms with Gasteiger partial charge in [-0.25, -0.2) is 4.79 Å². The van der Waals surface area contributed by atoms with E-state index >= 15 is 0 Å². The van der Waals surface area contributed by atoms with Gasteiger partial charge < -0.3 is 10.4 Å². The zero-order valence-corrected chi connectivity index (χ0v) is 7.82. The minimum absolute atomic E-state index is 0.0640. The molecule has 5 heteroatoms. The second-order valence-corrected chi connectivity index (χ2v) is 2.92. The topological polar surface area (TPSA) is 75.1 Å². The van der Waals surface area contributed by atoms with Crippen molar-refractivity contribution in [3.05, 3.63) is 30.0 Å². The molecule has 0 saturated heterocycles. The van der Waals surface area contributed by atoms with Gasteiger partial charge >= 0.3 is 5.97 Å². The molecule has 1 rings (SSSR count). The number of carbonyl (C=O) groups is 1. The van der Waals surface area contributed by atoms with Gasteiger partial charge in [0.1, 0.15) is 5.82 Å². The molecular formula is C9H11N3O2. The van der Waals surface area contributed by atoms with Crippen molar-refractivity contribution in [1.82, 2.24) is 10.2 Å². The maximum absolute atomic E-state index is 10.4. The Morgan fingerprint density at radius 2 is 2.29 bits per heavy atom. The zero-order valence-electron chi connectivity index (χ0n) is 7.82. The second-order valence-electron chi connectivity index (χ2n) is 2.92. The van der Waals surface area contributed by atoms with Gasteiger partial charge in [0.2, 0.25) is 0 Å². The quantitative estimate of drug-likeness (QED) is 0.702. The molecule has 0 aromatic carbocycles. The van der Waals surface area contributed by atoms with Gasteiger partial charge in [0.25, 0.3) is 0 Å². The summed E-state index contributed by atoms with van der Waals surface area (Å²) in [6.07, 6.45) is 0. The van der Waals surface area contributed by atoms with E-state index in [4.69, 9.17) is 5.11 Å². The first kappa shape index (κ1) is 10.2. The van der Waals surface area contributed by atoms with Crippen LogP contribution in [-0.2, 0) is 0 Å². The Kier molecular flexibility index (Phi) is 3.17. The number of rotatable bonds is 4. The Bertz CT molecular complexity index is 346. The third kappa shape index (κ3) is 2.85. The van der Waals surface area contributed by atoms with Crippen LogP contribution < -0.4 is 5.32 Å². The van der Waals surface area contributed by atoms with Crippen LogP contribution in [0.4, 0.5) is 5.82 Å². The standard InChI is InChI=1S/C9H11N3O2/c1-6(2)5-10-8-4-3-7(9(13)14)11-12-8/h3-4H,1,5H2,2H3,(H,10,12)(H,13,14). The third-order valence-electron chi connectivity index (χ3n) is 1.45. The minimum atomic E-state index is -1.08. The van der Waals surface area contributed by atoms with Gasteiger partial charge in [0.15, 0.2) is 5.69 Å². The number of nitrogens with one attached hydrogen (secondary N) is 1. The predicted molar refractivity (Wildman–Crippen MR) is 52.3 cm³/mol. The fourth-order valence-electron chi connectivity index (χ4n) is 0.782. The average Bonchev–Trinajstić information content (AvgIpc) is 2.15. The van der Waals surface area contributed by atoms with Gasteiger partial charge in [-0.3, -0.25) is 0 Å². The first-order valence-corrected chi connectivity index (χ1v) is 4.05. The van der Waals surface area contributed by atoms with Crippen LogP contribution in [0.3, 0.4) is 0 Å². The highest BCUT2D eigenvalue weighted by molar-refractivity contribution is 5.85. The fraction of sp³-hybridized carbons (Fsp3) is 0.222. The van der Waals surface area contributed by atoms with Crippen molar-refractivity contribution in [2.75, 3.05) is 11.9 Å². The Hall–Kier alpha value is -1.91. The van der Waals surface area contributed by atoms with Crippen molar-refractivity contribution in [2.24, 2.45) is 0 Å². The lowest BCUT2D eigenvalue weighted by molar-refractivity contribution is 0.0689. The number of anilines is 1. The van der Waals surface area contributed by atoms with Crippen molar-refractivity contribution >= 4 is 11.8 Å². The Balaban J connectivity index is 2.64. The number of carboxylic acids is 1. The maximum Gasteiger partial charge on any atom is 0.356 e. The second kappa shape index (κ2) is 4.36. The molecule has 0 fully saturated rings. The van der Waals surface area contributed by atoms with E-state index in [-0.39, 0.29) is 5.69 Å². The monoisotopic (exact) mass is 193 g/mol. The van der Waals surface area contributed by atoms with E-state index in [2.05, 4.69) is 22.1 Å². The largest absolute Gasteiger partial charge is 0.476 e. The summed E-state index contributed by atoms with van der Waals surface area (Å²) in [7, 11) is 0. The lowest BCUT2D eigenvalue weighted by atomic mass is 10.3. The van der Waals surface area contributed by atoms with E-state index in [1.54, 1.807) is 6.07 Å². The molecule has 0 unspecified atom stereocenters. The van der Waals surface area contributed by atoms with E-state index in [9.17, 15) is 4.79 Å². The van der Waals surface area contributed by atoms with E-state index in [0.29, 0.717) is 12.4 Å². The first-order valence-electron chi connectivity index (χ1n) is 4.05. The van der Waals surface area contributed by atoms with Crippen molar-refractivity contribution in [3.8, 4) is 0 Å². The van der Waals surface area contributed by atoms with Gasteiger partial charge in [-0.2, -0.15) is 0 Å². The number of aromatic carboxylic acids is 1. The van der Waals surface area contributed by atoms with Gasteiger partial charge in [-0.1, -0.05) is 12.2 Å². The van der Waals surface area contributed by atoms with Gasteiger partial charge in [0, 0.05) is 6.54 Å². The molecule has 74 valence electrons. The molecule has 1 aromatic heterocycles. The highest BCUT2D eigenvalue weighted by atomic mass is 16.4. The van der Waals surface area contributed by atoms with Crippen molar-refractivity contribution in [2.45, 2.75) is 6.92 Å². The van der Waals surface area contributed by atoms with Crippen LogP contribution in [0.15, 0.2) is 24.3 Å². The molecule has 1 aromatic rings. The number of hydrogen-bond acceptors (Lipinski definition) is 4. The van der Waals surface area contributed by atoms with Crippen molar-refractivity contribution < 1.29 is 9.90 Å². The Morgan fingerprint density at radius 3 is 2.71 bits per heavy atom. The van der Waals surface area contributed by atoms with Gasteiger partial charge in [0.05, 0.1) is 0 Å². The third-order valence-corrected chi connectivity index (χ3v) is 1.45. The number of carboxylic acid groups (broad SMARTS) is 1. The summed E-state index contributed by atoms with van der Waals surface area (Å²) >= 11 is 0. The predicted octanol–water partition coefficient (Wildman–Crippen LogP) is 1.16. The number of aromatic nitrogens is 2. The number of nitrogens with zero attached hydrogens (tertiary/aromatic N) is 2. The summed E-state index contributed by atoms with van der Waals surface area (Å²) in [5, 5.41) is 18.7. The van der Waals surface area contributed by atoms with E-state index < -0.39 is 5.97 Å². The molecule has 0 spiro atoms. The Labute approximate surface area is 81.5 Å². The highest BCUT2D eigenvalue weighted by Gasteiger charge is 2.04. The SMILES string of the molecule is C=C(C)CNc1ccc(C(=O)O)nn1.